The molecule has 0 aliphatic heterocycles. The maximum atomic E-state index is 9.37. The maximum absolute atomic E-state index is 9.37. The maximum Gasteiger partial charge on any atom is 0.104 e. The van der Waals surface area contributed by atoms with Crippen LogP contribution in [-0.2, 0) is 0 Å². The second-order valence-electron chi connectivity index (χ2n) is 4.23. The SMILES string of the molecule is COn1c(C)c(C#N)c2c3ccccc3ccc21. The molecule has 1 heterocycles. The molecule has 0 spiro atoms. The van der Waals surface area contributed by atoms with Crippen molar-refractivity contribution in [3.05, 3.63) is 47.7 Å². The average Bonchev–Trinajstić information content (AvgIpc) is 2.70. The Kier molecular flexibility index (Phi) is 2.24. The summed E-state index contributed by atoms with van der Waals surface area (Å²) in [5.41, 5.74) is 2.46. The van der Waals surface area contributed by atoms with Crippen LogP contribution in [0.5, 0.6) is 0 Å². The summed E-state index contributed by atoms with van der Waals surface area (Å²) in [5, 5.41) is 12.6. The third-order valence-electron chi connectivity index (χ3n) is 3.34. The van der Waals surface area contributed by atoms with Crippen LogP contribution in [-0.4, -0.2) is 11.8 Å². The summed E-state index contributed by atoms with van der Waals surface area (Å²) in [6.07, 6.45) is 0. The molecule has 3 aromatic rings. The summed E-state index contributed by atoms with van der Waals surface area (Å²) >= 11 is 0. The molecule has 18 heavy (non-hydrogen) atoms. The van der Waals surface area contributed by atoms with Gasteiger partial charge in [-0.15, -0.1) is 0 Å². The van der Waals surface area contributed by atoms with Gasteiger partial charge in [-0.25, -0.2) is 0 Å². The topological polar surface area (TPSA) is 38.0 Å². The minimum Gasteiger partial charge on any atom is -0.417 e. The van der Waals surface area contributed by atoms with Crippen LogP contribution < -0.4 is 4.84 Å². The molecule has 0 amide bonds. The molecule has 0 bridgehead atoms. The van der Waals surface area contributed by atoms with Crippen molar-refractivity contribution in [1.29, 1.82) is 5.26 Å². The first-order chi connectivity index (χ1) is 8.77. The minimum absolute atomic E-state index is 0.684. The Balaban J connectivity index is 2.62. The van der Waals surface area contributed by atoms with Crippen molar-refractivity contribution in [1.82, 2.24) is 4.73 Å². The molecule has 0 aliphatic carbocycles. The Hall–Kier alpha value is -2.47. The summed E-state index contributed by atoms with van der Waals surface area (Å²) in [5.74, 6) is 0. The van der Waals surface area contributed by atoms with Crippen molar-refractivity contribution in [3.63, 3.8) is 0 Å². The van der Waals surface area contributed by atoms with Crippen molar-refractivity contribution in [2.45, 2.75) is 6.92 Å². The molecule has 1 aromatic heterocycles. The van der Waals surface area contributed by atoms with E-state index in [-0.39, 0.29) is 0 Å². The van der Waals surface area contributed by atoms with Crippen molar-refractivity contribution in [2.75, 3.05) is 7.11 Å². The van der Waals surface area contributed by atoms with E-state index in [2.05, 4.69) is 12.1 Å². The van der Waals surface area contributed by atoms with Gasteiger partial charge in [0.2, 0.25) is 0 Å². The van der Waals surface area contributed by atoms with Gasteiger partial charge in [0.25, 0.3) is 0 Å². The quantitative estimate of drug-likeness (QED) is 0.651. The van der Waals surface area contributed by atoms with Gasteiger partial charge in [0, 0.05) is 5.39 Å². The Labute approximate surface area is 105 Å². The highest BCUT2D eigenvalue weighted by atomic mass is 16.6. The highest BCUT2D eigenvalue weighted by Crippen LogP contribution is 2.31. The molecule has 3 rings (SSSR count). The van der Waals surface area contributed by atoms with E-state index < -0.39 is 0 Å². The summed E-state index contributed by atoms with van der Waals surface area (Å²) in [6, 6.07) is 14.4. The Bertz CT molecular complexity index is 793. The van der Waals surface area contributed by atoms with E-state index in [1.54, 1.807) is 11.8 Å². The molecule has 0 fully saturated rings. The fraction of sp³-hybridized carbons (Fsp3) is 0.133. The fourth-order valence-corrected chi connectivity index (χ4v) is 2.53. The average molecular weight is 236 g/mol. The van der Waals surface area contributed by atoms with E-state index in [4.69, 9.17) is 4.84 Å². The van der Waals surface area contributed by atoms with Crippen LogP contribution in [0.1, 0.15) is 11.3 Å². The number of benzene rings is 2. The molecule has 0 atom stereocenters. The summed E-state index contributed by atoms with van der Waals surface area (Å²) in [4.78, 5) is 5.36. The Morgan fingerprint density at radius 1 is 1.17 bits per heavy atom. The molecule has 0 unspecified atom stereocenters. The summed E-state index contributed by atoms with van der Waals surface area (Å²) in [6.45, 7) is 1.90. The van der Waals surface area contributed by atoms with Crippen LogP contribution in [0.3, 0.4) is 0 Å². The third kappa shape index (κ3) is 1.23. The van der Waals surface area contributed by atoms with Crippen LogP contribution in [0.25, 0.3) is 21.7 Å². The molecule has 0 saturated carbocycles. The molecule has 3 heteroatoms. The summed E-state index contributed by atoms with van der Waals surface area (Å²) < 4.78 is 1.71. The molecule has 0 saturated heterocycles. The molecule has 0 aliphatic rings. The van der Waals surface area contributed by atoms with Crippen LogP contribution in [0.2, 0.25) is 0 Å². The lowest BCUT2D eigenvalue weighted by molar-refractivity contribution is 0.173. The number of hydrogen-bond acceptors (Lipinski definition) is 2. The number of nitriles is 1. The second-order valence-corrected chi connectivity index (χ2v) is 4.23. The second kappa shape index (κ2) is 3.78. The van der Waals surface area contributed by atoms with E-state index in [9.17, 15) is 5.26 Å². The zero-order valence-electron chi connectivity index (χ0n) is 10.3. The van der Waals surface area contributed by atoms with Gasteiger partial charge in [-0.05, 0) is 23.8 Å². The molecule has 88 valence electrons. The standard InChI is InChI=1S/C15H12N2O/c1-10-13(9-16)15-12-6-4-3-5-11(12)7-8-14(15)17(10)18-2/h3-8H,1-2H3. The lowest BCUT2D eigenvalue weighted by Crippen LogP contribution is -2.06. The zero-order valence-corrected chi connectivity index (χ0v) is 10.3. The van der Waals surface area contributed by atoms with Crippen LogP contribution in [0, 0.1) is 18.3 Å². The van der Waals surface area contributed by atoms with E-state index in [0.717, 1.165) is 27.4 Å². The molecule has 0 N–H and O–H groups in total. The predicted octanol–water partition coefficient (Wildman–Crippen LogP) is 3.03. The normalized spacial score (nSPS) is 10.7. The van der Waals surface area contributed by atoms with Gasteiger partial charge in [0.15, 0.2) is 0 Å². The highest BCUT2D eigenvalue weighted by molar-refractivity contribution is 6.10. The minimum atomic E-state index is 0.684. The van der Waals surface area contributed by atoms with Crippen molar-refractivity contribution < 1.29 is 4.84 Å². The van der Waals surface area contributed by atoms with Crippen LogP contribution >= 0.6 is 0 Å². The van der Waals surface area contributed by atoms with Gasteiger partial charge in [-0.3, -0.25) is 0 Å². The van der Waals surface area contributed by atoms with Gasteiger partial charge < -0.3 is 4.84 Å². The van der Waals surface area contributed by atoms with Crippen molar-refractivity contribution in [2.24, 2.45) is 0 Å². The van der Waals surface area contributed by atoms with Crippen molar-refractivity contribution in [3.8, 4) is 6.07 Å². The van der Waals surface area contributed by atoms with Crippen LogP contribution in [0.4, 0.5) is 0 Å². The fourth-order valence-electron chi connectivity index (χ4n) is 2.53. The number of hydrogen-bond donors (Lipinski definition) is 0. The zero-order chi connectivity index (χ0) is 12.7. The number of nitrogens with zero attached hydrogens (tertiary/aromatic N) is 2. The lowest BCUT2D eigenvalue weighted by Gasteiger charge is -2.05. The first-order valence-electron chi connectivity index (χ1n) is 5.75. The molecule has 2 aromatic carbocycles. The number of rotatable bonds is 1. The van der Waals surface area contributed by atoms with Crippen LogP contribution in [0.15, 0.2) is 36.4 Å². The van der Waals surface area contributed by atoms with Gasteiger partial charge in [0.1, 0.15) is 13.2 Å². The van der Waals surface area contributed by atoms with Gasteiger partial charge in [0.05, 0.1) is 16.8 Å². The summed E-state index contributed by atoms with van der Waals surface area (Å²) in [7, 11) is 1.61. The van der Waals surface area contributed by atoms with E-state index >= 15 is 0 Å². The monoisotopic (exact) mass is 236 g/mol. The van der Waals surface area contributed by atoms with E-state index in [1.807, 2.05) is 37.3 Å². The number of fused-ring (bicyclic) bond motifs is 3. The number of aromatic nitrogens is 1. The van der Waals surface area contributed by atoms with Gasteiger partial charge in [-0.2, -0.15) is 9.99 Å². The predicted molar refractivity (Wildman–Crippen MR) is 71.4 cm³/mol. The molecule has 3 nitrogen and oxygen atoms in total. The first kappa shape index (κ1) is 10.7. The lowest BCUT2D eigenvalue weighted by atomic mass is 10.0. The molecular weight excluding hydrogens is 224 g/mol. The molecular formula is C15H12N2O. The first-order valence-corrected chi connectivity index (χ1v) is 5.75. The highest BCUT2D eigenvalue weighted by Gasteiger charge is 2.16. The van der Waals surface area contributed by atoms with E-state index in [0.29, 0.717) is 5.56 Å². The van der Waals surface area contributed by atoms with E-state index in [1.165, 1.54) is 0 Å². The third-order valence-corrected chi connectivity index (χ3v) is 3.34. The van der Waals surface area contributed by atoms with Gasteiger partial charge >= 0.3 is 0 Å². The Morgan fingerprint density at radius 2 is 1.94 bits per heavy atom. The largest absolute Gasteiger partial charge is 0.417 e. The van der Waals surface area contributed by atoms with Crippen molar-refractivity contribution >= 4 is 21.7 Å². The smallest absolute Gasteiger partial charge is 0.104 e. The Morgan fingerprint density at radius 3 is 2.67 bits per heavy atom. The van der Waals surface area contributed by atoms with Gasteiger partial charge in [-0.1, -0.05) is 30.3 Å². The molecule has 0 radical (unpaired) electrons.